The fraction of sp³-hybridized carbons (Fsp3) is 0.300. The Morgan fingerprint density at radius 3 is 2.86 bits per heavy atom. The van der Waals surface area contributed by atoms with Gasteiger partial charge in [0.05, 0.1) is 17.9 Å². The number of ether oxygens (including phenoxy) is 1. The van der Waals surface area contributed by atoms with Gasteiger partial charge in [-0.3, -0.25) is 4.79 Å². The number of rotatable bonds is 4. The summed E-state index contributed by atoms with van der Waals surface area (Å²) in [5.74, 6) is -0.740. The molecule has 6 nitrogen and oxygen atoms in total. The fourth-order valence-electron chi connectivity index (χ4n) is 3.39. The molecule has 0 radical (unpaired) electrons. The molecule has 146 valence electrons. The highest BCUT2D eigenvalue weighted by Crippen LogP contribution is 2.29. The molecule has 0 aliphatic carbocycles. The van der Waals surface area contributed by atoms with E-state index in [-0.39, 0.29) is 35.9 Å². The first kappa shape index (κ1) is 18.9. The van der Waals surface area contributed by atoms with Crippen LogP contribution in [0.15, 0.2) is 24.3 Å². The Kier molecular flexibility index (Phi) is 5.30. The van der Waals surface area contributed by atoms with Crippen LogP contribution < -0.4 is 16.4 Å². The molecule has 2 aromatic rings. The molecule has 1 fully saturated rings. The van der Waals surface area contributed by atoms with Crippen molar-refractivity contribution in [3.8, 4) is 0 Å². The lowest BCUT2D eigenvalue weighted by atomic mass is 10.0. The molecule has 3 heterocycles. The lowest BCUT2D eigenvalue weighted by Gasteiger charge is -2.30. The molecule has 2 aliphatic rings. The minimum absolute atomic E-state index is 0.105. The van der Waals surface area contributed by atoms with Crippen molar-refractivity contribution in [3.63, 3.8) is 0 Å². The van der Waals surface area contributed by atoms with Crippen LogP contribution in [0.3, 0.4) is 0 Å². The molecular formula is C20H20ClFN4O2. The van der Waals surface area contributed by atoms with Crippen molar-refractivity contribution in [2.45, 2.75) is 25.0 Å². The lowest BCUT2D eigenvalue weighted by molar-refractivity contribution is 0.0751. The highest BCUT2D eigenvalue weighted by molar-refractivity contribution is 6.30. The van der Waals surface area contributed by atoms with Gasteiger partial charge in [0, 0.05) is 35.8 Å². The largest absolute Gasteiger partial charge is 0.380 e. The quantitative estimate of drug-likeness (QED) is 0.731. The average Bonchev–Trinajstić information content (AvgIpc) is 3.08. The van der Waals surface area contributed by atoms with Crippen molar-refractivity contribution in [2.24, 2.45) is 5.73 Å². The number of nitrogens with zero attached hydrogens (tertiary/aromatic N) is 1. The molecule has 28 heavy (non-hydrogen) atoms. The Morgan fingerprint density at radius 1 is 1.32 bits per heavy atom. The summed E-state index contributed by atoms with van der Waals surface area (Å²) >= 11 is 5.91. The van der Waals surface area contributed by atoms with Gasteiger partial charge in [-0.15, -0.1) is 0 Å². The molecule has 0 unspecified atom stereocenters. The summed E-state index contributed by atoms with van der Waals surface area (Å²) in [5.41, 5.74) is 7.95. The fourth-order valence-corrected chi connectivity index (χ4v) is 3.52. The monoisotopic (exact) mass is 402 g/mol. The number of anilines is 1. The van der Waals surface area contributed by atoms with Crippen LogP contribution in [0.4, 0.5) is 10.2 Å². The van der Waals surface area contributed by atoms with Crippen molar-refractivity contribution < 1.29 is 13.9 Å². The SMILES string of the molecule is N[C@H]1COCC[C@H]1Nc1nc(/C=C/c2ccc(Cl)cc2)c2c(c1F)CNC2=O. The van der Waals surface area contributed by atoms with E-state index in [0.717, 1.165) is 5.56 Å². The number of pyridine rings is 1. The number of hydrogen-bond acceptors (Lipinski definition) is 5. The van der Waals surface area contributed by atoms with E-state index in [4.69, 9.17) is 22.1 Å². The standard InChI is InChI=1S/C20H20ClFN4O2/c21-12-4-1-11(2-5-12)3-6-16-17-13(9-24-20(17)27)18(22)19(26-16)25-15-7-8-28-10-14(15)23/h1-6,14-15H,7-10,23H2,(H,24,27)(H,25,26)/b6-3+/t14-,15+/m0/s1. The number of carbonyl (C=O) groups is 1. The second kappa shape index (κ2) is 7.87. The summed E-state index contributed by atoms with van der Waals surface area (Å²) in [6.45, 7) is 1.10. The number of nitrogens with one attached hydrogen (secondary N) is 2. The van der Waals surface area contributed by atoms with E-state index in [9.17, 15) is 9.18 Å². The molecule has 1 amide bonds. The van der Waals surface area contributed by atoms with Crippen molar-refractivity contribution in [1.82, 2.24) is 10.3 Å². The first-order valence-corrected chi connectivity index (χ1v) is 9.45. The number of hydrogen-bond donors (Lipinski definition) is 3. The molecule has 0 bridgehead atoms. The third kappa shape index (κ3) is 3.73. The third-order valence-corrected chi connectivity index (χ3v) is 5.19. The van der Waals surface area contributed by atoms with Crippen molar-refractivity contribution in [1.29, 1.82) is 0 Å². The van der Waals surface area contributed by atoms with Gasteiger partial charge in [0.2, 0.25) is 0 Å². The first-order valence-electron chi connectivity index (χ1n) is 9.07. The molecule has 4 rings (SSSR count). The molecule has 0 spiro atoms. The molecule has 1 aromatic heterocycles. The summed E-state index contributed by atoms with van der Waals surface area (Å²) in [7, 11) is 0. The highest BCUT2D eigenvalue weighted by Gasteiger charge is 2.30. The molecule has 2 atom stereocenters. The topological polar surface area (TPSA) is 89.3 Å². The molecule has 0 saturated carbocycles. The van der Waals surface area contributed by atoms with Gasteiger partial charge >= 0.3 is 0 Å². The van der Waals surface area contributed by atoms with Gasteiger partial charge in [-0.05, 0) is 30.2 Å². The molecule has 2 aliphatic heterocycles. The van der Waals surface area contributed by atoms with Crippen molar-refractivity contribution >= 4 is 35.5 Å². The Morgan fingerprint density at radius 2 is 2.11 bits per heavy atom. The van der Waals surface area contributed by atoms with Gasteiger partial charge in [0.1, 0.15) is 0 Å². The van der Waals surface area contributed by atoms with Gasteiger partial charge in [-0.2, -0.15) is 0 Å². The summed E-state index contributed by atoms with van der Waals surface area (Å²) < 4.78 is 20.3. The third-order valence-electron chi connectivity index (χ3n) is 4.94. The Balaban J connectivity index is 1.69. The van der Waals surface area contributed by atoms with Crippen LogP contribution in [0.25, 0.3) is 12.2 Å². The van der Waals surface area contributed by atoms with Crippen LogP contribution in [-0.2, 0) is 11.3 Å². The summed E-state index contributed by atoms with van der Waals surface area (Å²) in [6, 6.07) is 6.85. The van der Waals surface area contributed by atoms with Gasteiger partial charge in [-0.25, -0.2) is 9.37 Å². The van der Waals surface area contributed by atoms with E-state index >= 15 is 0 Å². The first-order chi connectivity index (χ1) is 13.5. The number of aromatic nitrogens is 1. The average molecular weight is 403 g/mol. The van der Waals surface area contributed by atoms with Crippen LogP contribution in [0.2, 0.25) is 5.02 Å². The molecule has 4 N–H and O–H groups in total. The predicted octanol–water partition coefficient (Wildman–Crippen LogP) is 2.82. The van der Waals surface area contributed by atoms with E-state index < -0.39 is 5.82 Å². The molecular weight excluding hydrogens is 383 g/mol. The van der Waals surface area contributed by atoms with Gasteiger partial charge in [0.15, 0.2) is 11.6 Å². The van der Waals surface area contributed by atoms with E-state index in [1.54, 1.807) is 18.2 Å². The van der Waals surface area contributed by atoms with Crippen molar-refractivity contribution in [2.75, 3.05) is 18.5 Å². The second-order valence-corrected chi connectivity index (χ2v) is 7.30. The van der Waals surface area contributed by atoms with E-state index in [0.29, 0.717) is 35.9 Å². The van der Waals surface area contributed by atoms with Gasteiger partial charge in [-0.1, -0.05) is 29.8 Å². The van der Waals surface area contributed by atoms with Crippen LogP contribution in [0.1, 0.15) is 33.6 Å². The Bertz CT molecular complexity index is 933. The Labute approximate surface area is 166 Å². The lowest BCUT2D eigenvalue weighted by Crippen LogP contribution is -2.48. The Hall–Kier alpha value is -2.48. The smallest absolute Gasteiger partial charge is 0.254 e. The summed E-state index contributed by atoms with van der Waals surface area (Å²) in [6.07, 6.45) is 4.18. The molecule has 8 heteroatoms. The summed E-state index contributed by atoms with van der Waals surface area (Å²) in [4.78, 5) is 16.6. The number of fused-ring (bicyclic) bond motifs is 1. The van der Waals surface area contributed by atoms with Crippen LogP contribution in [-0.4, -0.2) is 36.2 Å². The number of halogens is 2. The zero-order chi connectivity index (χ0) is 19.7. The van der Waals surface area contributed by atoms with Gasteiger partial charge < -0.3 is 21.1 Å². The minimum Gasteiger partial charge on any atom is -0.380 e. The zero-order valence-electron chi connectivity index (χ0n) is 15.0. The van der Waals surface area contributed by atoms with Gasteiger partial charge in [0.25, 0.3) is 5.91 Å². The zero-order valence-corrected chi connectivity index (χ0v) is 15.8. The second-order valence-electron chi connectivity index (χ2n) is 6.86. The van der Waals surface area contributed by atoms with E-state index in [2.05, 4.69) is 15.6 Å². The maximum atomic E-state index is 15.0. The van der Waals surface area contributed by atoms with Crippen LogP contribution >= 0.6 is 11.6 Å². The summed E-state index contributed by atoms with van der Waals surface area (Å²) in [5, 5.41) is 6.41. The number of carbonyl (C=O) groups excluding carboxylic acids is 1. The highest BCUT2D eigenvalue weighted by atomic mass is 35.5. The molecule has 1 aromatic carbocycles. The molecule has 1 saturated heterocycles. The normalized spacial score (nSPS) is 21.6. The number of nitrogens with two attached hydrogens (primary N) is 1. The predicted molar refractivity (Wildman–Crippen MR) is 107 cm³/mol. The minimum atomic E-state index is -0.518. The van der Waals surface area contributed by atoms with E-state index in [1.807, 2.05) is 18.2 Å². The maximum Gasteiger partial charge on any atom is 0.254 e. The van der Waals surface area contributed by atoms with Crippen molar-refractivity contribution in [3.05, 3.63) is 57.5 Å². The maximum absolute atomic E-state index is 15.0. The van der Waals surface area contributed by atoms with Crippen LogP contribution in [0.5, 0.6) is 0 Å². The van der Waals surface area contributed by atoms with Crippen LogP contribution in [0, 0.1) is 5.82 Å². The number of amides is 1. The number of benzene rings is 1. The van der Waals surface area contributed by atoms with E-state index in [1.165, 1.54) is 0 Å².